The molecule has 0 spiro atoms. The first-order valence-electron chi connectivity index (χ1n) is 4.07. The summed E-state index contributed by atoms with van der Waals surface area (Å²) in [5, 5.41) is 0. The van der Waals surface area contributed by atoms with Gasteiger partial charge in [-0.05, 0) is 32.8 Å². The molecule has 1 heteroatoms. The van der Waals surface area contributed by atoms with Gasteiger partial charge in [0.25, 0.3) is 0 Å². The van der Waals surface area contributed by atoms with Crippen molar-refractivity contribution in [3.63, 3.8) is 0 Å². The number of allylic oxidation sites excluding steroid dienone is 1. The van der Waals surface area contributed by atoms with Crippen molar-refractivity contribution in [2.75, 3.05) is 0 Å². The van der Waals surface area contributed by atoms with Crippen molar-refractivity contribution in [2.45, 2.75) is 38.9 Å². The van der Waals surface area contributed by atoms with E-state index >= 15 is 0 Å². The maximum Gasteiger partial charge on any atom is 0.0387 e. The van der Waals surface area contributed by atoms with Gasteiger partial charge in [0.2, 0.25) is 0 Å². The molecule has 62 valence electrons. The molecule has 1 atom stereocenters. The maximum atomic E-state index is 4.03. The number of hydrogen-bond acceptors (Lipinski definition) is 1. The van der Waals surface area contributed by atoms with Gasteiger partial charge in [-0.25, -0.2) is 0 Å². The summed E-state index contributed by atoms with van der Waals surface area (Å²) in [7, 11) is 0. The average Bonchev–Trinajstić information content (AvgIpc) is 2.17. The van der Waals surface area contributed by atoms with Crippen LogP contribution in [-0.4, -0.2) is 4.75 Å². The lowest BCUT2D eigenvalue weighted by Crippen LogP contribution is -2.16. The summed E-state index contributed by atoms with van der Waals surface area (Å²) in [5.41, 5.74) is 2.91. The Hall–Kier alpha value is -0.170. The van der Waals surface area contributed by atoms with Gasteiger partial charge in [-0.15, -0.1) is 11.8 Å². The normalized spacial score (nSPS) is 31.8. The number of rotatable bonds is 1. The van der Waals surface area contributed by atoms with Gasteiger partial charge >= 0.3 is 0 Å². The lowest BCUT2D eigenvalue weighted by Gasteiger charge is -2.22. The molecule has 0 aliphatic carbocycles. The summed E-state index contributed by atoms with van der Waals surface area (Å²) >= 11 is 1.92. The standard InChI is InChI=1S/C10H16S/c1-6-10(5)8(3)7(2)9(4)11-10/h4,6H2,1-3,5H3. The fourth-order valence-electron chi connectivity index (χ4n) is 1.37. The molecule has 0 aromatic heterocycles. The SMILES string of the molecule is C=C1SC(C)(CC)C(C)=C1C. The minimum absolute atomic E-state index is 0.334. The molecule has 1 heterocycles. The van der Waals surface area contributed by atoms with Crippen LogP contribution in [0.3, 0.4) is 0 Å². The van der Waals surface area contributed by atoms with E-state index in [0.717, 1.165) is 0 Å². The first-order chi connectivity index (χ1) is 5.01. The van der Waals surface area contributed by atoms with E-state index in [2.05, 4.69) is 34.3 Å². The van der Waals surface area contributed by atoms with Gasteiger partial charge in [0.15, 0.2) is 0 Å². The Bertz CT molecular complexity index is 225. The summed E-state index contributed by atoms with van der Waals surface area (Å²) in [6, 6.07) is 0. The highest BCUT2D eigenvalue weighted by Gasteiger charge is 2.33. The predicted octanol–water partition coefficient (Wildman–Crippen LogP) is 3.75. The zero-order valence-electron chi connectivity index (χ0n) is 7.82. The highest BCUT2D eigenvalue weighted by atomic mass is 32.2. The van der Waals surface area contributed by atoms with Crippen LogP contribution in [0.15, 0.2) is 22.6 Å². The molecule has 0 aromatic rings. The summed E-state index contributed by atoms with van der Waals surface area (Å²) < 4.78 is 0.334. The van der Waals surface area contributed by atoms with E-state index in [1.165, 1.54) is 22.5 Å². The van der Waals surface area contributed by atoms with Crippen molar-refractivity contribution >= 4 is 11.8 Å². The van der Waals surface area contributed by atoms with E-state index in [-0.39, 0.29) is 0 Å². The average molecular weight is 168 g/mol. The summed E-state index contributed by atoms with van der Waals surface area (Å²) in [5.74, 6) is 0. The van der Waals surface area contributed by atoms with Crippen LogP contribution in [0.25, 0.3) is 0 Å². The van der Waals surface area contributed by atoms with E-state index in [0.29, 0.717) is 4.75 Å². The first kappa shape index (κ1) is 8.92. The molecule has 0 N–H and O–H groups in total. The second kappa shape index (κ2) is 2.71. The van der Waals surface area contributed by atoms with Crippen molar-refractivity contribution in [2.24, 2.45) is 0 Å². The van der Waals surface area contributed by atoms with Crippen LogP contribution >= 0.6 is 11.8 Å². The second-order valence-corrected chi connectivity index (χ2v) is 4.96. The lowest BCUT2D eigenvalue weighted by atomic mass is 9.95. The second-order valence-electron chi connectivity index (χ2n) is 3.36. The molecule has 1 unspecified atom stereocenters. The van der Waals surface area contributed by atoms with Gasteiger partial charge < -0.3 is 0 Å². The van der Waals surface area contributed by atoms with Gasteiger partial charge in [-0.1, -0.05) is 19.1 Å². The zero-order valence-corrected chi connectivity index (χ0v) is 8.64. The fourth-order valence-corrected chi connectivity index (χ4v) is 2.67. The van der Waals surface area contributed by atoms with Crippen LogP contribution in [0.4, 0.5) is 0 Å². The van der Waals surface area contributed by atoms with E-state index in [9.17, 15) is 0 Å². The fraction of sp³-hybridized carbons (Fsp3) is 0.600. The Kier molecular flexibility index (Phi) is 2.19. The Morgan fingerprint density at radius 2 is 2.00 bits per heavy atom. The molecular formula is C10H16S. The molecule has 0 aromatic carbocycles. The van der Waals surface area contributed by atoms with Gasteiger partial charge in [-0.3, -0.25) is 0 Å². The van der Waals surface area contributed by atoms with Gasteiger partial charge in [0.05, 0.1) is 0 Å². The van der Waals surface area contributed by atoms with Crippen molar-refractivity contribution in [3.05, 3.63) is 22.6 Å². The Labute approximate surface area is 73.8 Å². The quantitative estimate of drug-likeness (QED) is 0.574. The molecule has 0 fully saturated rings. The summed E-state index contributed by atoms with van der Waals surface area (Å²) in [6.45, 7) is 13.0. The highest BCUT2D eigenvalue weighted by Crippen LogP contribution is 2.50. The maximum absolute atomic E-state index is 4.03. The van der Waals surface area contributed by atoms with Crippen molar-refractivity contribution in [1.29, 1.82) is 0 Å². The number of hydrogen-bond donors (Lipinski definition) is 0. The minimum atomic E-state index is 0.334. The molecule has 0 bridgehead atoms. The van der Waals surface area contributed by atoms with Crippen LogP contribution in [-0.2, 0) is 0 Å². The minimum Gasteiger partial charge on any atom is -0.115 e. The van der Waals surface area contributed by atoms with E-state index < -0.39 is 0 Å². The molecule has 11 heavy (non-hydrogen) atoms. The van der Waals surface area contributed by atoms with Crippen molar-refractivity contribution < 1.29 is 0 Å². The molecule has 1 aliphatic rings. The van der Waals surface area contributed by atoms with Gasteiger partial charge in [0, 0.05) is 9.65 Å². The Morgan fingerprint density at radius 3 is 2.18 bits per heavy atom. The zero-order chi connectivity index (χ0) is 8.65. The van der Waals surface area contributed by atoms with E-state index in [4.69, 9.17) is 0 Å². The van der Waals surface area contributed by atoms with Crippen LogP contribution in [0, 0.1) is 0 Å². The molecule has 1 rings (SSSR count). The Balaban J connectivity index is 3.03. The Morgan fingerprint density at radius 1 is 1.45 bits per heavy atom. The third-order valence-electron chi connectivity index (χ3n) is 2.80. The molecule has 1 aliphatic heterocycles. The van der Waals surface area contributed by atoms with E-state index in [1.54, 1.807) is 0 Å². The predicted molar refractivity (Wildman–Crippen MR) is 53.8 cm³/mol. The molecular weight excluding hydrogens is 152 g/mol. The van der Waals surface area contributed by atoms with Crippen molar-refractivity contribution in [3.8, 4) is 0 Å². The molecule has 0 nitrogen and oxygen atoms in total. The van der Waals surface area contributed by atoms with Gasteiger partial charge in [0.1, 0.15) is 0 Å². The molecule has 0 saturated heterocycles. The first-order valence-corrected chi connectivity index (χ1v) is 4.89. The monoisotopic (exact) mass is 168 g/mol. The third kappa shape index (κ3) is 1.26. The van der Waals surface area contributed by atoms with Crippen LogP contribution in [0.1, 0.15) is 34.1 Å². The van der Waals surface area contributed by atoms with Crippen LogP contribution < -0.4 is 0 Å². The van der Waals surface area contributed by atoms with Crippen molar-refractivity contribution in [1.82, 2.24) is 0 Å². The van der Waals surface area contributed by atoms with Crippen LogP contribution in [0.5, 0.6) is 0 Å². The largest absolute Gasteiger partial charge is 0.115 e. The molecule has 0 amide bonds. The molecule has 0 radical (unpaired) electrons. The highest BCUT2D eigenvalue weighted by molar-refractivity contribution is 8.05. The van der Waals surface area contributed by atoms with E-state index in [1.807, 2.05) is 11.8 Å². The lowest BCUT2D eigenvalue weighted by molar-refractivity contribution is 0.717. The molecule has 0 saturated carbocycles. The summed E-state index contributed by atoms with van der Waals surface area (Å²) in [4.78, 5) is 1.26. The third-order valence-corrected chi connectivity index (χ3v) is 4.40. The topological polar surface area (TPSA) is 0 Å². The van der Waals surface area contributed by atoms with Gasteiger partial charge in [-0.2, -0.15) is 0 Å². The summed E-state index contributed by atoms with van der Waals surface area (Å²) in [6.07, 6.45) is 1.19. The number of thioether (sulfide) groups is 1. The smallest absolute Gasteiger partial charge is 0.0387 e. The van der Waals surface area contributed by atoms with Crippen LogP contribution in [0.2, 0.25) is 0 Å².